The van der Waals surface area contributed by atoms with Gasteiger partial charge in [0.25, 0.3) is 0 Å². The van der Waals surface area contributed by atoms with Gasteiger partial charge in [0, 0.05) is 28.9 Å². The number of nitriles is 1. The monoisotopic (exact) mass is 438 g/mol. The van der Waals surface area contributed by atoms with E-state index >= 15 is 0 Å². The zero-order valence-corrected chi connectivity index (χ0v) is 18.9. The van der Waals surface area contributed by atoms with Crippen LogP contribution in [0.1, 0.15) is 66.4 Å². The summed E-state index contributed by atoms with van der Waals surface area (Å²) in [5.41, 5.74) is 4.08. The summed E-state index contributed by atoms with van der Waals surface area (Å²) in [7, 11) is 0. The highest BCUT2D eigenvalue weighted by atomic mass is 16.5. The first-order valence-corrected chi connectivity index (χ1v) is 11.8. The molecule has 0 atom stereocenters. The Hall–Kier alpha value is -3.58. The van der Waals surface area contributed by atoms with E-state index in [1.54, 1.807) is 6.07 Å². The predicted octanol–water partition coefficient (Wildman–Crippen LogP) is 7.42. The van der Waals surface area contributed by atoms with Crippen LogP contribution in [0, 0.1) is 17.2 Å². The summed E-state index contributed by atoms with van der Waals surface area (Å²) in [5, 5.41) is 12.6. The zero-order chi connectivity index (χ0) is 22.9. The highest BCUT2D eigenvalue weighted by molar-refractivity contribution is 5.97. The molecule has 4 heteroatoms. The maximum Gasteiger partial charge on any atom is 0.162 e. The maximum atomic E-state index is 12.6. The first-order valence-electron chi connectivity index (χ1n) is 11.8. The number of ether oxygens (including phenoxy) is 1. The number of anilines is 2. The van der Waals surface area contributed by atoms with E-state index in [0.717, 1.165) is 40.6 Å². The molecule has 0 amide bonds. The molecule has 4 rings (SSSR count). The van der Waals surface area contributed by atoms with E-state index in [1.165, 1.54) is 32.1 Å². The van der Waals surface area contributed by atoms with Crippen molar-refractivity contribution in [2.45, 2.75) is 51.6 Å². The van der Waals surface area contributed by atoms with Crippen molar-refractivity contribution in [1.29, 1.82) is 5.26 Å². The lowest BCUT2D eigenvalue weighted by Crippen LogP contribution is -2.02. The molecule has 168 valence electrons. The van der Waals surface area contributed by atoms with Gasteiger partial charge in [-0.05, 0) is 54.8 Å². The van der Waals surface area contributed by atoms with Crippen LogP contribution in [0.25, 0.3) is 0 Å². The van der Waals surface area contributed by atoms with Gasteiger partial charge < -0.3 is 10.1 Å². The average molecular weight is 439 g/mol. The van der Waals surface area contributed by atoms with Crippen molar-refractivity contribution >= 4 is 17.2 Å². The smallest absolute Gasteiger partial charge is 0.162 e. The number of Topliss-reactive ketones (excluding diaryl/α,β-unsaturated/α-hetero) is 1. The number of ketones is 1. The summed E-state index contributed by atoms with van der Waals surface area (Å²) in [6.07, 6.45) is 8.18. The van der Waals surface area contributed by atoms with Gasteiger partial charge in [-0.1, -0.05) is 62.4 Å². The molecule has 1 saturated carbocycles. The highest BCUT2D eigenvalue weighted by Gasteiger charge is 2.15. The molecule has 0 heterocycles. The Morgan fingerprint density at radius 2 is 1.76 bits per heavy atom. The van der Waals surface area contributed by atoms with Crippen molar-refractivity contribution in [3.8, 4) is 11.8 Å². The third-order valence-corrected chi connectivity index (χ3v) is 6.35. The minimum atomic E-state index is 0.220. The number of nitrogens with zero attached hydrogens (tertiary/aromatic N) is 1. The molecule has 0 radical (unpaired) electrons. The normalized spacial score (nSPS) is 13.4. The molecule has 0 saturated heterocycles. The Balaban J connectivity index is 1.29. The van der Waals surface area contributed by atoms with Crippen LogP contribution < -0.4 is 10.1 Å². The zero-order valence-electron chi connectivity index (χ0n) is 18.9. The van der Waals surface area contributed by atoms with Gasteiger partial charge in [-0.15, -0.1) is 0 Å². The second-order valence-electron chi connectivity index (χ2n) is 8.75. The molecule has 4 nitrogen and oxygen atoms in total. The van der Waals surface area contributed by atoms with Crippen LogP contribution in [0.2, 0.25) is 0 Å². The molecule has 1 fully saturated rings. The summed E-state index contributed by atoms with van der Waals surface area (Å²) < 4.78 is 5.84. The SMILES string of the molecule is N#Cc1ccccc1COc1ccc(Nc2cccc(C(=O)CCCC3CCCC3)c2)cc1. The minimum absolute atomic E-state index is 0.220. The summed E-state index contributed by atoms with van der Waals surface area (Å²) in [6.45, 7) is 0.349. The Bertz CT molecular complexity index is 1110. The first kappa shape index (κ1) is 22.6. The van der Waals surface area contributed by atoms with Crippen LogP contribution in [0.15, 0.2) is 72.8 Å². The Labute approximate surface area is 196 Å². The number of benzene rings is 3. The average Bonchev–Trinajstić information content (AvgIpc) is 3.37. The van der Waals surface area contributed by atoms with Gasteiger partial charge in [-0.3, -0.25) is 4.79 Å². The largest absolute Gasteiger partial charge is 0.489 e. The number of hydrogen-bond donors (Lipinski definition) is 1. The highest BCUT2D eigenvalue weighted by Crippen LogP contribution is 2.29. The molecule has 0 spiro atoms. The molecule has 0 aromatic heterocycles. The first-order chi connectivity index (χ1) is 16.2. The minimum Gasteiger partial charge on any atom is -0.489 e. The van der Waals surface area contributed by atoms with Gasteiger partial charge in [-0.2, -0.15) is 5.26 Å². The van der Waals surface area contributed by atoms with Crippen LogP contribution in [0.4, 0.5) is 11.4 Å². The second kappa shape index (κ2) is 11.3. The lowest BCUT2D eigenvalue weighted by atomic mass is 9.98. The quantitative estimate of drug-likeness (QED) is 0.334. The van der Waals surface area contributed by atoms with E-state index < -0.39 is 0 Å². The standard InChI is InChI=1S/C29H30N2O2/c30-20-24-10-3-4-11-25(24)21-33-28-17-15-26(16-18-28)31-27-13-6-12-23(19-27)29(32)14-5-9-22-7-1-2-8-22/h3-4,6,10-13,15-19,22,31H,1-2,5,7-9,14,21H2. The molecular formula is C29H30N2O2. The van der Waals surface area contributed by atoms with E-state index in [1.807, 2.05) is 66.7 Å². The van der Waals surface area contributed by atoms with E-state index in [9.17, 15) is 10.1 Å². The van der Waals surface area contributed by atoms with E-state index in [4.69, 9.17) is 4.74 Å². The van der Waals surface area contributed by atoms with Gasteiger partial charge in [-0.25, -0.2) is 0 Å². The molecule has 33 heavy (non-hydrogen) atoms. The third kappa shape index (κ3) is 6.46. The Morgan fingerprint density at radius 1 is 0.970 bits per heavy atom. The fraction of sp³-hybridized carbons (Fsp3) is 0.310. The van der Waals surface area contributed by atoms with Crippen molar-refractivity contribution in [1.82, 2.24) is 0 Å². The molecule has 0 unspecified atom stereocenters. The summed E-state index contributed by atoms with van der Waals surface area (Å²) in [5.74, 6) is 1.79. The van der Waals surface area contributed by atoms with Crippen molar-refractivity contribution in [3.63, 3.8) is 0 Å². The number of rotatable bonds is 10. The summed E-state index contributed by atoms with van der Waals surface area (Å²) in [6, 6.07) is 25.1. The number of carbonyl (C=O) groups is 1. The molecule has 0 bridgehead atoms. The van der Waals surface area contributed by atoms with E-state index in [2.05, 4.69) is 11.4 Å². The fourth-order valence-electron chi connectivity index (χ4n) is 4.48. The number of nitrogens with one attached hydrogen (secondary N) is 1. The van der Waals surface area contributed by atoms with E-state index in [-0.39, 0.29) is 5.78 Å². The van der Waals surface area contributed by atoms with Crippen LogP contribution in [0.5, 0.6) is 5.75 Å². The summed E-state index contributed by atoms with van der Waals surface area (Å²) in [4.78, 5) is 12.6. The topological polar surface area (TPSA) is 62.1 Å². The molecular weight excluding hydrogens is 408 g/mol. The van der Waals surface area contributed by atoms with Crippen molar-refractivity contribution in [2.75, 3.05) is 5.32 Å². The van der Waals surface area contributed by atoms with Crippen LogP contribution in [-0.4, -0.2) is 5.78 Å². The van der Waals surface area contributed by atoms with Crippen LogP contribution in [0.3, 0.4) is 0 Å². The predicted molar refractivity (Wildman–Crippen MR) is 132 cm³/mol. The lowest BCUT2D eigenvalue weighted by molar-refractivity contribution is 0.0977. The second-order valence-corrected chi connectivity index (χ2v) is 8.75. The molecule has 3 aromatic rings. The number of hydrogen-bond acceptors (Lipinski definition) is 4. The Morgan fingerprint density at radius 3 is 2.55 bits per heavy atom. The molecule has 0 aliphatic heterocycles. The lowest BCUT2D eigenvalue weighted by Gasteiger charge is -2.11. The molecule has 1 aliphatic carbocycles. The number of carbonyl (C=O) groups excluding carboxylic acids is 1. The Kier molecular flexibility index (Phi) is 7.76. The van der Waals surface area contributed by atoms with Crippen LogP contribution in [-0.2, 0) is 6.61 Å². The van der Waals surface area contributed by atoms with Gasteiger partial charge in [0.2, 0.25) is 0 Å². The van der Waals surface area contributed by atoms with Gasteiger partial charge in [0.15, 0.2) is 5.78 Å². The van der Waals surface area contributed by atoms with E-state index in [0.29, 0.717) is 18.6 Å². The van der Waals surface area contributed by atoms with Crippen LogP contribution >= 0.6 is 0 Å². The van der Waals surface area contributed by atoms with Crippen molar-refractivity contribution in [3.05, 3.63) is 89.5 Å². The summed E-state index contributed by atoms with van der Waals surface area (Å²) >= 11 is 0. The maximum absolute atomic E-state index is 12.6. The molecule has 3 aromatic carbocycles. The molecule has 1 N–H and O–H groups in total. The van der Waals surface area contributed by atoms with Crippen molar-refractivity contribution in [2.24, 2.45) is 5.92 Å². The fourth-order valence-corrected chi connectivity index (χ4v) is 4.48. The van der Waals surface area contributed by atoms with Crippen molar-refractivity contribution < 1.29 is 9.53 Å². The van der Waals surface area contributed by atoms with Gasteiger partial charge in [0.05, 0.1) is 11.6 Å². The van der Waals surface area contributed by atoms with Gasteiger partial charge in [0.1, 0.15) is 12.4 Å². The van der Waals surface area contributed by atoms with Gasteiger partial charge >= 0.3 is 0 Å². The third-order valence-electron chi connectivity index (χ3n) is 6.35. The molecule has 1 aliphatic rings.